The van der Waals surface area contributed by atoms with Crippen LogP contribution < -0.4 is 10.2 Å². The molecule has 0 saturated heterocycles. The van der Waals surface area contributed by atoms with Crippen molar-refractivity contribution in [3.8, 4) is 0 Å². The molecule has 0 saturated carbocycles. The Morgan fingerprint density at radius 1 is 1.33 bits per heavy atom. The number of nitrogens with one attached hydrogen (secondary N) is 1. The molecule has 0 aliphatic rings. The molecule has 0 aliphatic carbocycles. The van der Waals surface area contributed by atoms with E-state index in [1.54, 1.807) is 12.2 Å². The van der Waals surface area contributed by atoms with Gasteiger partial charge in [0, 0.05) is 6.54 Å². The van der Waals surface area contributed by atoms with Crippen molar-refractivity contribution in [2.24, 2.45) is 0 Å². The van der Waals surface area contributed by atoms with Crippen LogP contribution >= 0.6 is 0 Å². The number of benzene rings is 1. The van der Waals surface area contributed by atoms with Gasteiger partial charge >= 0.3 is 12.2 Å². The van der Waals surface area contributed by atoms with Gasteiger partial charge in [0.2, 0.25) is 0 Å². The monoisotopic (exact) mass is 264 g/mol. The Morgan fingerprint density at radius 2 is 1.94 bits per heavy atom. The summed E-state index contributed by atoms with van der Waals surface area (Å²) in [6.07, 6.45) is -4.50. The lowest BCUT2D eigenvalue weighted by molar-refractivity contribution is -0.122. The van der Waals surface area contributed by atoms with Gasteiger partial charge in [-0.15, -0.1) is 0 Å². The second kappa shape index (κ2) is 5.70. The summed E-state index contributed by atoms with van der Waals surface area (Å²) in [5.74, 6) is -0.665. The number of para-hydroxylation sites is 1. The van der Waals surface area contributed by atoms with E-state index < -0.39 is 24.6 Å². The highest BCUT2D eigenvalue weighted by atomic mass is 19.4. The molecule has 0 radical (unpaired) electrons. The number of carbonyl (C=O) groups is 1. The number of rotatable bonds is 3. The number of amides is 2. The summed E-state index contributed by atoms with van der Waals surface area (Å²) in [4.78, 5) is 12.4. The third-order valence-electron chi connectivity index (χ3n) is 2.14. The molecular formula is C11H12F4N2O. The van der Waals surface area contributed by atoms with E-state index in [2.05, 4.69) is 0 Å². The van der Waals surface area contributed by atoms with Crippen LogP contribution in [-0.4, -0.2) is 25.3 Å². The molecule has 0 aromatic heterocycles. The van der Waals surface area contributed by atoms with Gasteiger partial charge in [-0.25, -0.2) is 9.18 Å². The summed E-state index contributed by atoms with van der Waals surface area (Å²) >= 11 is 0. The molecule has 7 heteroatoms. The van der Waals surface area contributed by atoms with Crippen molar-refractivity contribution in [2.75, 3.05) is 18.0 Å². The van der Waals surface area contributed by atoms with Gasteiger partial charge in [-0.3, -0.25) is 4.90 Å². The van der Waals surface area contributed by atoms with Crippen LogP contribution in [0.5, 0.6) is 0 Å². The van der Waals surface area contributed by atoms with E-state index in [4.69, 9.17) is 0 Å². The fraction of sp³-hybridized carbons (Fsp3) is 0.364. The summed E-state index contributed by atoms with van der Waals surface area (Å²) in [7, 11) is 0. The van der Waals surface area contributed by atoms with Gasteiger partial charge in [-0.1, -0.05) is 12.1 Å². The lowest BCUT2D eigenvalue weighted by atomic mass is 10.3. The Labute approximate surface area is 101 Å². The highest BCUT2D eigenvalue weighted by Gasteiger charge is 2.29. The standard InChI is InChI=1S/C11H12F4N2O/c1-2-17(9-6-4-3-5-8(9)12)10(18)16-7-11(13,14)15/h3-6H,2,7H2,1H3,(H,16,18). The van der Waals surface area contributed by atoms with E-state index in [1.165, 1.54) is 18.2 Å². The molecule has 0 bridgehead atoms. The molecule has 0 atom stereocenters. The Morgan fingerprint density at radius 3 is 2.44 bits per heavy atom. The maximum absolute atomic E-state index is 13.4. The van der Waals surface area contributed by atoms with E-state index in [0.717, 1.165) is 11.0 Å². The van der Waals surface area contributed by atoms with Crippen LogP contribution in [0.4, 0.5) is 28.0 Å². The number of hydrogen-bond acceptors (Lipinski definition) is 1. The van der Waals surface area contributed by atoms with Crippen molar-refractivity contribution in [2.45, 2.75) is 13.1 Å². The summed E-state index contributed by atoms with van der Waals surface area (Å²) < 4.78 is 49.3. The molecule has 3 nitrogen and oxygen atoms in total. The van der Waals surface area contributed by atoms with E-state index in [1.807, 2.05) is 0 Å². The van der Waals surface area contributed by atoms with Crippen LogP contribution in [0, 0.1) is 5.82 Å². The minimum atomic E-state index is -4.50. The second-order valence-corrected chi connectivity index (χ2v) is 3.47. The number of carbonyl (C=O) groups excluding carboxylic acids is 1. The molecular weight excluding hydrogens is 252 g/mol. The minimum absolute atomic E-state index is 0.0559. The first-order chi connectivity index (χ1) is 8.35. The van der Waals surface area contributed by atoms with E-state index in [9.17, 15) is 22.4 Å². The molecule has 1 rings (SSSR count). The topological polar surface area (TPSA) is 32.3 Å². The van der Waals surface area contributed by atoms with Crippen LogP contribution in [0.1, 0.15) is 6.92 Å². The average molecular weight is 264 g/mol. The van der Waals surface area contributed by atoms with Crippen LogP contribution in [0.15, 0.2) is 24.3 Å². The van der Waals surface area contributed by atoms with Crippen LogP contribution in [-0.2, 0) is 0 Å². The third-order valence-corrected chi connectivity index (χ3v) is 2.14. The number of nitrogens with zero attached hydrogens (tertiary/aromatic N) is 1. The molecule has 1 aromatic carbocycles. The second-order valence-electron chi connectivity index (χ2n) is 3.47. The Kier molecular flexibility index (Phi) is 4.52. The number of urea groups is 1. The normalized spacial score (nSPS) is 11.2. The molecule has 18 heavy (non-hydrogen) atoms. The van der Waals surface area contributed by atoms with Gasteiger partial charge < -0.3 is 5.32 Å². The predicted octanol–water partition coefficient (Wildman–Crippen LogP) is 2.92. The van der Waals surface area contributed by atoms with Gasteiger partial charge in [0.05, 0.1) is 5.69 Å². The van der Waals surface area contributed by atoms with E-state index in [-0.39, 0.29) is 12.2 Å². The fourth-order valence-electron chi connectivity index (χ4n) is 1.37. The van der Waals surface area contributed by atoms with Gasteiger partial charge in [-0.05, 0) is 19.1 Å². The summed E-state index contributed by atoms with van der Waals surface area (Å²) in [5, 5.41) is 1.69. The fourth-order valence-corrected chi connectivity index (χ4v) is 1.37. The zero-order valence-electron chi connectivity index (χ0n) is 9.59. The maximum atomic E-state index is 13.4. The molecule has 0 spiro atoms. The van der Waals surface area contributed by atoms with Crippen molar-refractivity contribution in [3.63, 3.8) is 0 Å². The number of halogens is 4. The van der Waals surface area contributed by atoms with Crippen LogP contribution in [0.2, 0.25) is 0 Å². The maximum Gasteiger partial charge on any atom is 0.405 e. The van der Waals surface area contributed by atoms with Crippen molar-refractivity contribution in [1.29, 1.82) is 0 Å². The van der Waals surface area contributed by atoms with Gasteiger partial charge in [0.15, 0.2) is 0 Å². The molecule has 1 aromatic rings. The van der Waals surface area contributed by atoms with Crippen molar-refractivity contribution >= 4 is 11.7 Å². The Hall–Kier alpha value is -1.79. The summed E-state index contributed by atoms with van der Waals surface area (Å²) in [6.45, 7) is 0.154. The third kappa shape index (κ3) is 3.90. The van der Waals surface area contributed by atoms with E-state index in [0.29, 0.717) is 0 Å². The largest absolute Gasteiger partial charge is 0.405 e. The zero-order valence-corrected chi connectivity index (χ0v) is 9.59. The molecule has 100 valence electrons. The van der Waals surface area contributed by atoms with E-state index >= 15 is 0 Å². The molecule has 0 aliphatic heterocycles. The summed E-state index contributed by atoms with van der Waals surface area (Å²) in [5.41, 5.74) is -0.0559. The quantitative estimate of drug-likeness (QED) is 0.836. The van der Waals surface area contributed by atoms with Gasteiger partial charge in [-0.2, -0.15) is 13.2 Å². The molecule has 0 unspecified atom stereocenters. The zero-order chi connectivity index (χ0) is 13.8. The smallest absolute Gasteiger partial charge is 0.329 e. The Bertz CT molecular complexity index is 420. The van der Waals surface area contributed by atoms with Crippen LogP contribution in [0.3, 0.4) is 0 Å². The molecule has 0 heterocycles. The Balaban J connectivity index is 2.78. The number of anilines is 1. The predicted molar refractivity (Wildman–Crippen MR) is 58.9 cm³/mol. The number of hydrogen-bond donors (Lipinski definition) is 1. The first-order valence-corrected chi connectivity index (χ1v) is 5.22. The van der Waals surface area contributed by atoms with Gasteiger partial charge in [0.25, 0.3) is 0 Å². The highest BCUT2D eigenvalue weighted by molar-refractivity contribution is 5.92. The first-order valence-electron chi connectivity index (χ1n) is 5.22. The lowest BCUT2D eigenvalue weighted by Gasteiger charge is -2.22. The van der Waals surface area contributed by atoms with Crippen LogP contribution in [0.25, 0.3) is 0 Å². The van der Waals surface area contributed by atoms with Crippen molar-refractivity contribution < 1.29 is 22.4 Å². The summed E-state index contributed by atoms with van der Waals surface area (Å²) in [6, 6.07) is 4.40. The lowest BCUT2D eigenvalue weighted by Crippen LogP contribution is -2.44. The van der Waals surface area contributed by atoms with Gasteiger partial charge in [0.1, 0.15) is 12.4 Å². The average Bonchev–Trinajstić information content (AvgIpc) is 2.29. The highest BCUT2D eigenvalue weighted by Crippen LogP contribution is 2.19. The first kappa shape index (κ1) is 14.3. The molecule has 1 N–H and O–H groups in total. The van der Waals surface area contributed by atoms with Crippen molar-refractivity contribution in [3.05, 3.63) is 30.1 Å². The minimum Gasteiger partial charge on any atom is -0.329 e. The number of alkyl halides is 3. The molecule has 2 amide bonds. The molecule has 0 fully saturated rings. The van der Waals surface area contributed by atoms with Crippen molar-refractivity contribution in [1.82, 2.24) is 5.32 Å². The SMILES string of the molecule is CCN(C(=O)NCC(F)(F)F)c1ccccc1F.